The molecule has 59 heavy (non-hydrogen) atoms. The van der Waals surface area contributed by atoms with Gasteiger partial charge in [0.25, 0.3) is 0 Å². The van der Waals surface area contributed by atoms with Gasteiger partial charge in [0.15, 0.2) is 5.78 Å². The maximum absolute atomic E-state index is 12.3. The Kier molecular flexibility index (Phi) is 38.4. The average Bonchev–Trinajstić information content (AvgIpc) is 3.19. The molecule has 0 rings (SSSR count). The molecule has 0 unspecified atom stereocenters. The molecule has 4 amide bonds. The van der Waals surface area contributed by atoms with Gasteiger partial charge in [-0.15, -0.1) is 0 Å². The van der Waals surface area contributed by atoms with Crippen molar-refractivity contribution in [3.63, 3.8) is 0 Å². The smallest absolute Gasteiger partial charge is 0.326 e. The third-order valence-electron chi connectivity index (χ3n) is 8.43. The molecule has 0 aromatic carbocycles. The molecule has 0 aromatic rings. The highest BCUT2D eigenvalue weighted by Gasteiger charge is 2.20. The summed E-state index contributed by atoms with van der Waals surface area (Å²) in [6, 6.07) is -1.15. The number of carbonyl (C=O) groups excluding carboxylic acids is 5. The molecular weight excluding hydrogens is 776 g/mol. The number of carboxylic acids is 2. The first-order valence-electron chi connectivity index (χ1n) is 21.0. The number of hydrogen-bond acceptors (Lipinski definition) is 13. The van der Waals surface area contributed by atoms with E-state index in [1.165, 1.54) is 26.2 Å². The van der Waals surface area contributed by atoms with Crippen LogP contribution in [0.4, 0.5) is 0 Å². The summed E-state index contributed by atoms with van der Waals surface area (Å²) in [7, 11) is 0. The molecule has 0 fully saturated rings. The molecule has 0 aliphatic carbocycles. The molecule has 0 aliphatic rings. The van der Waals surface area contributed by atoms with Crippen molar-refractivity contribution in [2.45, 2.75) is 116 Å². The van der Waals surface area contributed by atoms with Crippen LogP contribution < -0.4 is 21.3 Å². The Bertz CT molecular complexity index is 1140. The molecule has 0 spiro atoms. The Hall–Kier alpha value is -3.75. The van der Waals surface area contributed by atoms with Gasteiger partial charge in [0.1, 0.15) is 25.9 Å². The number of ether oxygens (including phenoxy) is 6. The van der Waals surface area contributed by atoms with Crippen LogP contribution in [0.2, 0.25) is 0 Å². The van der Waals surface area contributed by atoms with Gasteiger partial charge in [-0.1, -0.05) is 64.2 Å². The second-order valence-corrected chi connectivity index (χ2v) is 13.9. The van der Waals surface area contributed by atoms with Gasteiger partial charge in [0.2, 0.25) is 23.6 Å². The van der Waals surface area contributed by atoms with Crippen molar-refractivity contribution in [3.8, 4) is 0 Å². The maximum Gasteiger partial charge on any atom is 0.326 e. The third kappa shape index (κ3) is 42.2. The van der Waals surface area contributed by atoms with E-state index in [-0.39, 0.29) is 128 Å². The summed E-state index contributed by atoms with van der Waals surface area (Å²) >= 11 is 0. The number of carboxylic acid groups (broad SMARTS) is 2. The van der Waals surface area contributed by atoms with Gasteiger partial charge in [-0.3, -0.25) is 28.8 Å². The number of unbranched alkanes of at least 4 members (excludes halogenated alkanes) is 11. The van der Waals surface area contributed by atoms with Crippen molar-refractivity contribution in [1.82, 2.24) is 21.3 Å². The number of aliphatic carboxylic acids is 2. The topological polar surface area (TPSA) is 263 Å². The highest BCUT2D eigenvalue weighted by molar-refractivity contribution is 5.84. The first kappa shape index (κ1) is 55.2. The van der Waals surface area contributed by atoms with Crippen LogP contribution in [0.25, 0.3) is 0 Å². The van der Waals surface area contributed by atoms with E-state index in [0.29, 0.717) is 32.8 Å². The van der Waals surface area contributed by atoms with Gasteiger partial charge in [-0.25, -0.2) is 4.79 Å². The summed E-state index contributed by atoms with van der Waals surface area (Å²) in [6.07, 6.45) is 12.7. The second kappa shape index (κ2) is 41.0. The molecule has 0 aliphatic heterocycles. The molecule has 0 bridgehead atoms. The van der Waals surface area contributed by atoms with Crippen molar-refractivity contribution in [1.29, 1.82) is 0 Å². The number of hydrogen-bond donors (Lipinski definition) is 6. The van der Waals surface area contributed by atoms with E-state index >= 15 is 0 Å². The SMILES string of the molecule is CC(=O)COCCOCCNC(=O)COCCOCCNC(=O)COCCOCCNC(=O)CC[C@H](NC(=O)CCCCCCCCCCCCCCC(=O)O)C(=O)O. The van der Waals surface area contributed by atoms with Crippen molar-refractivity contribution in [3.05, 3.63) is 0 Å². The lowest BCUT2D eigenvalue weighted by Gasteiger charge is -2.14. The van der Waals surface area contributed by atoms with Crippen LogP contribution in [0.1, 0.15) is 110 Å². The van der Waals surface area contributed by atoms with Crippen LogP contribution in [0.5, 0.6) is 0 Å². The predicted molar refractivity (Wildman–Crippen MR) is 216 cm³/mol. The highest BCUT2D eigenvalue weighted by atomic mass is 16.5. The van der Waals surface area contributed by atoms with Crippen molar-refractivity contribution in [2.75, 3.05) is 98.9 Å². The lowest BCUT2D eigenvalue weighted by Crippen LogP contribution is -2.41. The average molecular weight is 849 g/mol. The second-order valence-electron chi connectivity index (χ2n) is 13.9. The van der Waals surface area contributed by atoms with Crippen LogP contribution >= 0.6 is 0 Å². The van der Waals surface area contributed by atoms with Crippen LogP contribution in [-0.4, -0.2) is 157 Å². The van der Waals surface area contributed by atoms with Crippen LogP contribution in [0.15, 0.2) is 0 Å². The van der Waals surface area contributed by atoms with E-state index < -0.39 is 18.0 Å². The standard InChI is InChI=1S/C40H72N4O15/c1-33(45)30-57-27-24-55-22-19-42-37(48)32-59-29-26-56-23-20-43-38(49)31-58-28-25-54-21-18-41-35(46)17-16-34(40(52)53)44-36(47)14-12-10-8-6-4-2-3-5-7-9-11-13-15-39(50)51/h34H,2-32H2,1H3,(H,41,46)(H,42,48)(H,43,49)(H,44,47)(H,50,51)(H,52,53)/t34-/m0/s1. The molecule has 0 heterocycles. The summed E-state index contributed by atoms with van der Waals surface area (Å²) in [4.78, 5) is 80.9. The third-order valence-corrected chi connectivity index (χ3v) is 8.43. The first-order chi connectivity index (χ1) is 28.5. The summed E-state index contributed by atoms with van der Waals surface area (Å²) in [5.74, 6) is -3.29. The fraction of sp³-hybridized carbons (Fsp3) is 0.825. The molecule has 19 nitrogen and oxygen atoms in total. The molecule has 19 heteroatoms. The normalized spacial score (nSPS) is 11.5. The Labute approximate surface area is 349 Å². The minimum atomic E-state index is -1.19. The van der Waals surface area contributed by atoms with E-state index in [4.69, 9.17) is 33.5 Å². The maximum atomic E-state index is 12.3. The van der Waals surface area contributed by atoms with Crippen molar-refractivity contribution >= 4 is 41.4 Å². The van der Waals surface area contributed by atoms with Gasteiger partial charge in [-0.05, 0) is 26.2 Å². The number of rotatable bonds is 44. The zero-order valence-electron chi connectivity index (χ0n) is 35.2. The Balaban J connectivity index is 3.63. The van der Waals surface area contributed by atoms with E-state index in [1.54, 1.807) is 0 Å². The fourth-order valence-electron chi connectivity index (χ4n) is 5.31. The molecular formula is C40H72N4O15. The Morgan fingerprint density at radius 3 is 1.20 bits per heavy atom. The number of carbonyl (C=O) groups is 7. The van der Waals surface area contributed by atoms with E-state index in [2.05, 4.69) is 21.3 Å². The number of Topliss-reactive ketones (excluding diaryl/α,β-unsaturated/α-hetero) is 1. The summed E-state index contributed by atoms with van der Waals surface area (Å²) < 4.78 is 31.6. The molecule has 1 atom stereocenters. The minimum absolute atomic E-state index is 0.0334. The van der Waals surface area contributed by atoms with Gasteiger partial charge >= 0.3 is 11.9 Å². The molecule has 0 saturated carbocycles. The monoisotopic (exact) mass is 848 g/mol. The lowest BCUT2D eigenvalue weighted by molar-refractivity contribution is -0.142. The quantitative estimate of drug-likeness (QED) is 0.0479. The fourth-order valence-corrected chi connectivity index (χ4v) is 5.31. The molecule has 342 valence electrons. The summed E-state index contributed by atoms with van der Waals surface area (Å²) in [5.41, 5.74) is 0. The van der Waals surface area contributed by atoms with Crippen LogP contribution in [0.3, 0.4) is 0 Å². The van der Waals surface area contributed by atoms with Crippen molar-refractivity contribution < 1.29 is 72.2 Å². The summed E-state index contributed by atoms with van der Waals surface area (Å²) in [6.45, 7) is 4.18. The largest absolute Gasteiger partial charge is 0.481 e. The lowest BCUT2D eigenvalue weighted by atomic mass is 10.0. The zero-order chi connectivity index (χ0) is 43.6. The highest BCUT2D eigenvalue weighted by Crippen LogP contribution is 2.13. The molecule has 6 N–H and O–H groups in total. The van der Waals surface area contributed by atoms with E-state index in [0.717, 1.165) is 51.4 Å². The van der Waals surface area contributed by atoms with Crippen LogP contribution in [0, 0.1) is 0 Å². The van der Waals surface area contributed by atoms with E-state index in [9.17, 15) is 38.7 Å². The van der Waals surface area contributed by atoms with E-state index in [1.807, 2.05) is 0 Å². The molecule has 0 aromatic heterocycles. The number of amides is 4. The molecule has 0 saturated heterocycles. The Morgan fingerprint density at radius 1 is 0.424 bits per heavy atom. The zero-order valence-corrected chi connectivity index (χ0v) is 35.2. The Morgan fingerprint density at radius 2 is 0.797 bits per heavy atom. The van der Waals surface area contributed by atoms with Crippen LogP contribution in [-0.2, 0) is 62.0 Å². The van der Waals surface area contributed by atoms with Gasteiger partial charge in [-0.2, -0.15) is 0 Å². The van der Waals surface area contributed by atoms with Gasteiger partial charge < -0.3 is 59.9 Å². The number of ketones is 1. The van der Waals surface area contributed by atoms with Gasteiger partial charge in [0, 0.05) is 38.9 Å². The first-order valence-corrected chi connectivity index (χ1v) is 21.0. The summed E-state index contributed by atoms with van der Waals surface area (Å²) in [5, 5.41) is 28.6. The van der Waals surface area contributed by atoms with Gasteiger partial charge in [0.05, 0.1) is 59.5 Å². The minimum Gasteiger partial charge on any atom is -0.481 e. The molecule has 0 radical (unpaired) electrons. The van der Waals surface area contributed by atoms with Crippen molar-refractivity contribution in [2.24, 2.45) is 0 Å². The number of nitrogens with one attached hydrogen (secondary N) is 4. The predicted octanol–water partition coefficient (Wildman–Crippen LogP) is 1.92.